The second kappa shape index (κ2) is 6.17. The summed E-state index contributed by atoms with van der Waals surface area (Å²) in [4.78, 5) is 6.41. The Labute approximate surface area is 113 Å². The van der Waals surface area contributed by atoms with E-state index in [0.717, 1.165) is 31.5 Å². The predicted molar refractivity (Wildman–Crippen MR) is 72.4 cm³/mol. The van der Waals surface area contributed by atoms with E-state index >= 15 is 0 Å². The first kappa shape index (κ1) is 13.3. The zero-order chi connectivity index (χ0) is 13.7. The highest BCUT2D eigenvalue weighted by Crippen LogP contribution is 2.19. The number of anilines is 1. The Kier molecular flexibility index (Phi) is 4.33. The Balaban J connectivity index is 1.99. The molecule has 0 amide bonds. The molecule has 0 aromatic carbocycles. The van der Waals surface area contributed by atoms with Crippen molar-refractivity contribution >= 4 is 5.82 Å². The molecule has 2 heterocycles. The van der Waals surface area contributed by atoms with Crippen molar-refractivity contribution in [3.63, 3.8) is 0 Å². The van der Waals surface area contributed by atoms with Crippen LogP contribution in [0.2, 0.25) is 0 Å². The van der Waals surface area contributed by atoms with Crippen molar-refractivity contribution in [1.29, 1.82) is 10.5 Å². The van der Waals surface area contributed by atoms with Gasteiger partial charge in [0.05, 0.1) is 18.2 Å². The molecule has 0 saturated carbocycles. The highest BCUT2D eigenvalue weighted by atomic mass is 15.1. The van der Waals surface area contributed by atoms with Gasteiger partial charge in [-0.05, 0) is 31.4 Å². The lowest BCUT2D eigenvalue weighted by molar-refractivity contribution is 0.242. The minimum absolute atomic E-state index is 0.330. The van der Waals surface area contributed by atoms with Crippen LogP contribution in [0, 0.1) is 29.6 Å². The van der Waals surface area contributed by atoms with Crippen molar-refractivity contribution in [2.75, 3.05) is 25.0 Å². The molecule has 0 bridgehead atoms. The highest BCUT2D eigenvalue weighted by Gasteiger charge is 2.20. The van der Waals surface area contributed by atoms with Crippen LogP contribution in [0.3, 0.4) is 0 Å². The molecule has 98 valence electrons. The quantitative estimate of drug-likeness (QED) is 0.831. The Hall–Kier alpha value is -2.11. The second-order valence-corrected chi connectivity index (χ2v) is 4.82. The molecule has 0 atom stereocenters. The number of hydrogen-bond acceptors (Lipinski definition) is 5. The lowest BCUT2D eigenvalue weighted by Crippen LogP contribution is -2.39. The summed E-state index contributed by atoms with van der Waals surface area (Å²) in [6.07, 6.45) is 3.67. The number of aromatic nitrogens is 1. The number of piperidine rings is 1. The van der Waals surface area contributed by atoms with Gasteiger partial charge in [-0.15, -0.1) is 0 Å². The average molecular weight is 255 g/mol. The van der Waals surface area contributed by atoms with Crippen molar-refractivity contribution in [3.8, 4) is 12.1 Å². The summed E-state index contributed by atoms with van der Waals surface area (Å²) in [6.45, 7) is 4.25. The van der Waals surface area contributed by atoms with Gasteiger partial charge in [-0.3, -0.25) is 4.90 Å². The van der Waals surface area contributed by atoms with Gasteiger partial charge >= 0.3 is 0 Å². The highest BCUT2D eigenvalue weighted by molar-refractivity contribution is 5.55. The summed E-state index contributed by atoms with van der Waals surface area (Å²) in [6, 6.07) is 6.56. The number of hydrogen-bond donors (Lipinski definition) is 1. The van der Waals surface area contributed by atoms with Crippen molar-refractivity contribution in [3.05, 3.63) is 23.4 Å². The maximum Gasteiger partial charge on any atom is 0.144 e. The Morgan fingerprint density at radius 1 is 1.42 bits per heavy atom. The van der Waals surface area contributed by atoms with Crippen LogP contribution < -0.4 is 5.32 Å². The van der Waals surface area contributed by atoms with Crippen molar-refractivity contribution in [2.45, 2.75) is 25.8 Å². The van der Waals surface area contributed by atoms with E-state index in [9.17, 15) is 0 Å². The number of likely N-dealkylation sites (tertiary alicyclic amines) is 1. The monoisotopic (exact) mass is 255 g/mol. The SMILES string of the molecule is Cc1ccnc(NC2CCN(CC#N)CC2)c1C#N. The van der Waals surface area contributed by atoms with Crippen molar-refractivity contribution in [1.82, 2.24) is 9.88 Å². The molecule has 1 saturated heterocycles. The summed E-state index contributed by atoms with van der Waals surface area (Å²) >= 11 is 0. The van der Waals surface area contributed by atoms with Gasteiger partial charge in [0.2, 0.25) is 0 Å². The third kappa shape index (κ3) is 3.21. The number of pyridine rings is 1. The first-order chi connectivity index (χ1) is 9.24. The minimum Gasteiger partial charge on any atom is -0.366 e. The van der Waals surface area contributed by atoms with Gasteiger partial charge in [-0.2, -0.15) is 10.5 Å². The molecule has 5 heteroatoms. The summed E-state index contributed by atoms with van der Waals surface area (Å²) < 4.78 is 0. The van der Waals surface area contributed by atoms with E-state index in [1.165, 1.54) is 0 Å². The number of aryl methyl sites for hydroxylation is 1. The smallest absolute Gasteiger partial charge is 0.144 e. The molecule has 5 nitrogen and oxygen atoms in total. The Morgan fingerprint density at radius 2 is 2.16 bits per heavy atom. The lowest BCUT2D eigenvalue weighted by Gasteiger charge is -2.31. The molecule has 1 fully saturated rings. The normalized spacial score (nSPS) is 16.6. The fourth-order valence-electron chi connectivity index (χ4n) is 2.34. The maximum absolute atomic E-state index is 9.17. The molecule has 1 aliphatic rings. The molecule has 0 unspecified atom stereocenters. The van der Waals surface area contributed by atoms with Gasteiger partial charge in [-0.25, -0.2) is 4.98 Å². The predicted octanol–water partition coefficient (Wildman–Crippen LogP) is 1.66. The average Bonchev–Trinajstić information content (AvgIpc) is 2.42. The second-order valence-electron chi connectivity index (χ2n) is 4.82. The standard InChI is InChI=1S/C14H17N5/c1-11-2-6-17-14(13(11)10-16)18-12-3-7-19(8-4-12)9-5-15/h2,6,12H,3-4,7-9H2,1H3,(H,17,18). The molecule has 1 aromatic rings. The van der Waals surface area contributed by atoms with Gasteiger partial charge in [-0.1, -0.05) is 0 Å². The largest absolute Gasteiger partial charge is 0.366 e. The topological polar surface area (TPSA) is 75.7 Å². The first-order valence-electron chi connectivity index (χ1n) is 6.46. The third-order valence-electron chi connectivity index (χ3n) is 3.49. The lowest BCUT2D eigenvalue weighted by atomic mass is 10.0. The van der Waals surface area contributed by atoms with Gasteiger partial charge in [0.15, 0.2) is 0 Å². The van der Waals surface area contributed by atoms with Crippen LogP contribution in [0.4, 0.5) is 5.82 Å². The van der Waals surface area contributed by atoms with Crippen LogP contribution in [0.15, 0.2) is 12.3 Å². The molecular weight excluding hydrogens is 238 g/mol. The molecule has 0 radical (unpaired) electrons. The van der Waals surface area contributed by atoms with Gasteiger partial charge in [0, 0.05) is 25.3 Å². The first-order valence-corrected chi connectivity index (χ1v) is 6.46. The van der Waals surface area contributed by atoms with E-state index in [0.29, 0.717) is 24.0 Å². The van der Waals surface area contributed by atoms with Gasteiger partial charge in [0.25, 0.3) is 0 Å². The minimum atomic E-state index is 0.330. The van der Waals surface area contributed by atoms with E-state index in [1.54, 1.807) is 6.20 Å². The van der Waals surface area contributed by atoms with E-state index in [2.05, 4.69) is 27.3 Å². The van der Waals surface area contributed by atoms with E-state index in [-0.39, 0.29) is 0 Å². The molecular formula is C14H17N5. The van der Waals surface area contributed by atoms with E-state index < -0.39 is 0 Å². The molecule has 2 rings (SSSR count). The van der Waals surface area contributed by atoms with Gasteiger partial charge in [0.1, 0.15) is 11.9 Å². The zero-order valence-electron chi connectivity index (χ0n) is 11.1. The van der Waals surface area contributed by atoms with Crippen molar-refractivity contribution < 1.29 is 0 Å². The number of nitrogens with zero attached hydrogens (tertiary/aromatic N) is 4. The van der Waals surface area contributed by atoms with Crippen LogP contribution in [-0.2, 0) is 0 Å². The molecule has 1 aromatic heterocycles. The summed E-state index contributed by atoms with van der Waals surface area (Å²) in [5.74, 6) is 0.682. The summed E-state index contributed by atoms with van der Waals surface area (Å²) in [7, 11) is 0. The summed E-state index contributed by atoms with van der Waals surface area (Å²) in [5, 5.41) is 21.2. The molecule has 0 aliphatic carbocycles. The van der Waals surface area contributed by atoms with Crippen LogP contribution in [0.5, 0.6) is 0 Å². The van der Waals surface area contributed by atoms with Crippen LogP contribution in [0.1, 0.15) is 24.0 Å². The van der Waals surface area contributed by atoms with Crippen molar-refractivity contribution in [2.24, 2.45) is 0 Å². The maximum atomic E-state index is 9.17. The Bertz CT molecular complexity index is 518. The van der Waals surface area contributed by atoms with E-state index in [4.69, 9.17) is 10.5 Å². The molecule has 1 N–H and O–H groups in total. The van der Waals surface area contributed by atoms with Crippen LogP contribution in [0.25, 0.3) is 0 Å². The van der Waals surface area contributed by atoms with Gasteiger partial charge < -0.3 is 5.32 Å². The van der Waals surface area contributed by atoms with E-state index in [1.807, 2.05) is 13.0 Å². The molecule has 1 aliphatic heterocycles. The summed E-state index contributed by atoms with van der Waals surface area (Å²) in [5.41, 5.74) is 1.57. The fourth-order valence-corrected chi connectivity index (χ4v) is 2.34. The number of rotatable bonds is 3. The zero-order valence-corrected chi connectivity index (χ0v) is 11.1. The fraction of sp³-hybridized carbons (Fsp3) is 0.500. The number of nitrogens with one attached hydrogen (secondary N) is 1. The molecule has 0 spiro atoms. The Morgan fingerprint density at radius 3 is 2.79 bits per heavy atom. The van der Waals surface area contributed by atoms with Crippen LogP contribution >= 0.6 is 0 Å². The third-order valence-corrected chi connectivity index (χ3v) is 3.49. The number of nitriles is 2. The molecule has 19 heavy (non-hydrogen) atoms. The van der Waals surface area contributed by atoms with Crippen LogP contribution in [-0.4, -0.2) is 35.6 Å².